The van der Waals surface area contributed by atoms with Gasteiger partial charge in [-0.05, 0) is 48.2 Å². The van der Waals surface area contributed by atoms with Crippen LogP contribution in [-0.2, 0) is 23.8 Å². The molecule has 1 N–H and O–H groups in total. The summed E-state index contributed by atoms with van der Waals surface area (Å²) in [5.41, 5.74) is 1.09. The first kappa shape index (κ1) is 18.3. The molecule has 0 aliphatic carbocycles. The molecule has 0 saturated heterocycles. The predicted octanol–water partition coefficient (Wildman–Crippen LogP) is 4.65. The van der Waals surface area contributed by atoms with Crippen LogP contribution in [0.4, 0.5) is 13.2 Å². The van der Waals surface area contributed by atoms with E-state index in [0.29, 0.717) is 30.0 Å². The summed E-state index contributed by atoms with van der Waals surface area (Å²) in [5.74, 6) is -0.121. The zero-order chi connectivity index (χ0) is 17.6. The van der Waals surface area contributed by atoms with Crippen molar-refractivity contribution in [2.45, 2.75) is 25.4 Å². The summed E-state index contributed by atoms with van der Waals surface area (Å²) in [6.45, 7) is 0.507. The number of carbonyl (C=O) groups is 1. The number of halogens is 4. The topological polar surface area (TPSA) is 29.1 Å². The van der Waals surface area contributed by atoms with Gasteiger partial charge < -0.3 is 5.32 Å². The molecular weight excluding hydrogens is 339 g/mol. The summed E-state index contributed by atoms with van der Waals surface area (Å²) in [6.07, 6.45) is -2.99. The van der Waals surface area contributed by atoms with E-state index in [0.717, 1.165) is 17.7 Å². The molecule has 2 rings (SSSR count). The highest BCUT2D eigenvalue weighted by Gasteiger charge is 2.29. The lowest BCUT2D eigenvalue weighted by molar-refractivity contribution is -0.137. The molecule has 0 atom stereocenters. The van der Waals surface area contributed by atoms with Crippen LogP contribution in [0.25, 0.3) is 0 Å². The standard InChI is InChI=1S/C18H17ClF3NO/c19-16-8-3-14(4-9-16)11-12-23-17(24)10-5-13-1-6-15(7-2-13)18(20,21)22/h1-4,6-9H,5,10-12H2,(H,23,24). The predicted molar refractivity (Wildman–Crippen MR) is 87.9 cm³/mol. The van der Waals surface area contributed by atoms with Gasteiger partial charge in [-0.15, -0.1) is 0 Å². The first-order chi connectivity index (χ1) is 11.3. The molecule has 2 aromatic rings. The van der Waals surface area contributed by atoms with Gasteiger partial charge in [0.1, 0.15) is 0 Å². The highest BCUT2D eigenvalue weighted by Crippen LogP contribution is 2.29. The molecular formula is C18H17ClF3NO. The van der Waals surface area contributed by atoms with Crippen molar-refractivity contribution in [2.75, 3.05) is 6.54 Å². The second-order valence-electron chi connectivity index (χ2n) is 5.42. The Bertz CT molecular complexity index is 666. The Morgan fingerprint density at radius 3 is 2.04 bits per heavy atom. The lowest BCUT2D eigenvalue weighted by Gasteiger charge is -2.08. The summed E-state index contributed by atoms with van der Waals surface area (Å²) in [7, 11) is 0. The van der Waals surface area contributed by atoms with Crippen LogP contribution < -0.4 is 5.32 Å². The second kappa shape index (κ2) is 8.20. The van der Waals surface area contributed by atoms with Gasteiger partial charge in [-0.2, -0.15) is 13.2 Å². The zero-order valence-corrected chi connectivity index (χ0v) is 13.6. The van der Waals surface area contributed by atoms with Crippen LogP contribution in [0.2, 0.25) is 5.02 Å². The molecule has 24 heavy (non-hydrogen) atoms. The Labute approximate surface area is 143 Å². The van der Waals surface area contributed by atoms with Crippen LogP contribution in [0.1, 0.15) is 23.1 Å². The van der Waals surface area contributed by atoms with E-state index < -0.39 is 11.7 Å². The number of hydrogen-bond donors (Lipinski definition) is 1. The maximum absolute atomic E-state index is 12.5. The minimum absolute atomic E-state index is 0.121. The molecule has 0 saturated carbocycles. The zero-order valence-electron chi connectivity index (χ0n) is 12.9. The molecule has 2 aromatic carbocycles. The van der Waals surface area contributed by atoms with Gasteiger partial charge in [0, 0.05) is 18.0 Å². The van der Waals surface area contributed by atoms with Crippen molar-refractivity contribution in [2.24, 2.45) is 0 Å². The largest absolute Gasteiger partial charge is 0.416 e. The van der Waals surface area contributed by atoms with E-state index in [9.17, 15) is 18.0 Å². The van der Waals surface area contributed by atoms with Gasteiger partial charge in [0.15, 0.2) is 0 Å². The third-order valence-electron chi connectivity index (χ3n) is 3.57. The van der Waals surface area contributed by atoms with Crippen LogP contribution in [-0.4, -0.2) is 12.5 Å². The Morgan fingerprint density at radius 1 is 0.917 bits per heavy atom. The highest BCUT2D eigenvalue weighted by molar-refractivity contribution is 6.30. The number of hydrogen-bond acceptors (Lipinski definition) is 1. The van der Waals surface area contributed by atoms with Gasteiger partial charge in [-0.25, -0.2) is 0 Å². The lowest BCUT2D eigenvalue weighted by Crippen LogP contribution is -2.25. The number of alkyl halides is 3. The third kappa shape index (κ3) is 5.89. The normalized spacial score (nSPS) is 11.3. The maximum Gasteiger partial charge on any atom is 0.416 e. The van der Waals surface area contributed by atoms with E-state index in [-0.39, 0.29) is 12.3 Å². The molecule has 0 bridgehead atoms. The van der Waals surface area contributed by atoms with Crippen LogP contribution in [0.15, 0.2) is 48.5 Å². The maximum atomic E-state index is 12.5. The van der Waals surface area contributed by atoms with E-state index in [1.54, 1.807) is 12.1 Å². The molecule has 128 valence electrons. The Balaban J connectivity index is 1.72. The molecule has 0 spiro atoms. The van der Waals surface area contributed by atoms with Crippen LogP contribution in [0.5, 0.6) is 0 Å². The summed E-state index contributed by atoms with van der Waals surface area (Å²) in [6, 6.07) is 12.3. The average Bonchev–Trinajstić information content (AvgIpc) is 2.54. The van der Waals surface area contributed by atoms with Gasteiger partial charge in [-0.3, -0.25) is 4.79 Å². The summed E-state index contributed by atoms with van der Waals surface area (Å²) in [5, 5.41) is 3.47. The van der Waals surface area contributed by atoms with Gasteiger partial charge >= 0.3 is 6.18 Å². The van der Waals surface area contributed by atoms with E-state index in [1.165, 1.54) is 12.1 Å². The monoisotopic (exact) mass is 355 g/mol. The molecule has 0 unspecified atom stereocenters. The quantitative estimate of drug-likeness (QED) is 0.803. The van der Waals surface area contributed by atoms with Gasteiger partial charge in [-0.1, -0.05) is 35.9 Å². The lowest BCUT2D eigenvalue weighted by atomic mass is 10.1. The van der Waals surface area contributed by atoms with Crippen molar-refractivity contribution in [1.29, 1.82) is 0 Å². The van der Waals surface area contributed by atoms with Crippen molar-refractivity contribution in [3.63, 3.8) is 0 Å². The first-order valence-electron chi connectivity index (χ1n) is 7.52. The SMILES string of the molecule is O=C(CCc1ccc(C(F)(F)F)cc1)NCCc1ccc(Cl)cc1. The number of benzene rings is 2. The Kier molecular flexibility index (Phi) is 6.26. The first-order valence-corrected chi connectivity index (χ1v) is 7.89. The minimum Gasteiger partial charge on any atom is -0.356 e. The molecule has 0 aromatic heterocycles. The van der Waals surface area contributed by atoms with Gasteiger partial charge in [0.25, 0.3) is 0 Å². The fourth-order valence-corrected chi connectivity index (χ4v) is 2.33. The van der Waals surface area contributed by atoms with E-state index in [2.05, 4.69) is 5.32 Å². The molecule has 0 aliphatic heterocycles. The van der Waals surface area contributed by atoms with Crippen molar-refractivity contribution in [1.82, 2.24) is 5.32 Å². The van der Waals surface area contributed by atoms with Crippen LogP contribution >= 0.6 is 11.6 Å². The number of nitrogens with one attached hydrogen (secondary N) is 1. The fraction of sp³-hybridized carbons (Fsp3) is 0.278. The molecule has 1 amide bonds. The smallest absolute Gasteiger partial charge is 0.356 e. The molecule has 2 nitrogen and oxygen atoms in total. The number of amides is 1. The van der Waals surface area contributed by atoms with Gasteiger partial charge in [0.2, 0.25) is 5.91 Å². The molecule has 0 heterocycles. The Hall–Kier alpha value is -2.01. The summed E-state index contributed by atoms with van der Waals surface area (Å²) >= 11 is 5.80. The van der Waals surface area contributed by atoms with Crippen molar-refractivity contribution in [3.8, 4) is 0 Å². The molecule has 0 fully saturated rings. The highest BCUT2D eigenvalue weighted by atomic mass is 35.5. The van der Waals surface area contributed by atoms with Crippen molar-refractivity contribution in [3.05, 3.63) is 70.2 Å². The van der Waals surface area contributed by atoms with Crippen molar-refractivity contribution < 1.29 is 18.0 Å². The second-order valence-corrected chi connectivity index (χ2v) is 5.86. The van der Waals surface area contributed by atoms with E-state index >= 15 is 0 Å². The van der Waals surface area contributed by atoms with Crippen LogP contribution in [0, 0.1) is 0 Å². The third-order valence-corrected chi connectivity index (χ3v) is 3.82. The molecule has 0 radical (unpaired) electrons. The van der Waals surface area contributed by atoms with Crippen LogP contribution in [0.3, 0.4) is 0 Å². The minimum atomic E-state index is -4.34. The van der Waals surface area contributed by atoms with Gasteiger partial charge in [0.05, 0.1) is 5.56 Å². The van der Waals surface area contributed by atoms with E-state index in [1.807, 2.05) is 12.1 Å². The average molecular weight is 356 g/mol. The summed E-state index contributed by atoms with van der Waals surface area (Å²) < 4.78 is 37.4. The summed E-state index contributed by atoms with van der Waals surface area (Å²) in [4.78, 5) is 11.8. The van der Waals surface area contributed by atoms with E-state index in [4.69, 9.17) is 11.6 Å². The Morgan fingerprint density at radius 2 is 1.46 bits per heavy atom. The number of carbonyl (C=O) groups excluding carboxylic acids is 1. The fourth-order valence-electron chi connectivity index (χ4n) is 2.20. The number of aryl methyl sites for hydroxylation is 1. The van der Waals surface area contributed by atoms with Crippen molar-refractivity contribution >= 4 is 17.5 Å². The molecule has 0 aliphatic rings. The molecule has 6 heteroatoms. The number of rotatable bonds is 6.